The normalized spacial score (nSPS) is 12.0. The van der Waals surface area contributed by atoms with Crippen LogP contribution >= 0.6 is 11.3 Å². The number of amides is 1. The first-order chi connectivity index (χ1) is 13.6. The molecule has 0 radical (unpaired) electrons. The summed E-state index contributed by atoms with van der Waals surface area (Å²) in [6.07, 6.45) is 2.11. The van der Waals surface area contributed by atoms with E-state index in [1.807, 2.05) is 70.7 Å². The minimum absolute atomic E-state index is 0.121. The summed E-state index contributed by atoms with van der Waals surface area (Å²) in [6, 6.07) is 17.6. The van der Waals surface area contributed by atoms with Crippen molar-refractivity contribution in [2.24, 2.45) is 12.0 Å². The van der Waals surface area contributed by atoms with Gasteiger partial charge in [-0.25, -0.2) is 4.79 Å². The van der Waals surface area contributed by atoms with Crippen LogP contribution in [0.25, 0.3) is 11.0 Å². The SMILES string of the molecule is Cn1c(=O)n(CCC(=O)N=c2sccn2Cc2ccccc2)c2ccccc21. The number of imidazole rings is 1. The molecule has 2 heterocycles. The van der Waals surface area contributed by atoms with Crippen molar-refractivity contribution in [1.29, 1.82) is 0 Å². The van der Waals surface area contributed by atoms with Gasteiger partial charge in [0, 0.05) is 38.1 Å². The molecule has 4 rings (SSSR count). The second-order valence-corrected chi connectivity index (χ2v) is 7.41. The molecule has 0 unspecified atom stereocenters. The molecule has 0 saturated carbocycles. The zero-order chi connectivity index (χ0) is 19.5. The van der Waals surface area contributed by atoms with E-state index in [0.29, 0.717) is 17.9 Å². The van der Waals surface area contributed by atoms with Gasteiger partial charge in [-0.15, -0.1) is 11.3 Å². The molecule has 6 nitrogen and oxygen atoms in total. The lowest BCUT2D eigenvalue weighted by molar-refractivity contribution is -0.118. The lowest BCUT2D eigenvalue weighted by Crippen LogP contribution is -2.23. The number of rotatable bonds is 5. The number of hydrogen-bond donors (Lipinski definition) is 0. The second kappa shape index (κ2) is 7.82. The van der Waals surface area contributed by atoms with Crippen LogP contribution in [0.15, 0.2) is 76.0 Å². The fraction of sp³-hybridized carbons (Fsp3) is 0.190. The van der Waals surface area contributed by atoms with Gasteiger partial charge in [0.1, 0.15) is 0 Å². The van der Waals surface area contributed by atoms with Gasteiger partial charge >= 0.3 is 5.69 Å². The molecule has 0 fully saturated rings. The number of aryl methyl sites for hydroxylation is 2. The summed E-state index contributed by atoms with van der Waals surface area (Å²) in [6.45, 7) is 0.978. The molecule has 1 amide bonds. The van der Waals surface area contributed by atoms with Gasteiger partial charge in [0.15, 0.2) is 4.80 Å². The number of carbonyl (C=O) groups is 1. The van der Waals surface area contributed by atoms with Crippen LogP contribution < -0.4 is 10.5 Å². The maximum atomic E-state index is 12.5. The average molecular weight is 392 g/mol. The van der Waals surface area contributed by atoms with Crippen LogP contribution in [0.4, 0.5) is 0 Å². The molecular weight excluding hydrogens is 372 g/mol. The van der Waals surface area contributed by atoms with Crippen LogP contribution in [-0.2, 0) is 24.9 Å². The van der Waals surface area contributed by atoms with Crippen LogP contribution in [0.2, 0.25) is 0 Å². The zero-order valence-electron chi connectivity index (χ0n) is 15.5. The minimum atomic E-state index is -0.232. The molecule has 0 N–H and O–H groups in total. The summed E-state index contributed by atoms with van der Waals surface area (Å²) in [7, 11) is 1.74. The molecule has 28 heavy (non-hydrogen) atoms. The first-order valence-corrected chi connectivity index (χ1v) is 9.91. The smallest absolute Gasteiger partial charge is 0.319 e. The van der Waals surface area contributed by atoms with Crippen molar-refractivity contribution in [1.82, 2.24) is 13.7 Å². The number of nitrogens with zero attached hydrogens (tertiary/aromatic N) is 4. The van der Waals surface area contributed by atoms with Gasteiger partial charge in [0.2, 0.25) is 5.91 Å². The highest BCUT2D eigenvalue weighted by Crippen LogP contribution is 2.12. The minimum Gasteiger partial charge on any atom is -0.319 e. The Morgan fingerprint density at radius 2 is 1.75 bits per heavy atom. The molecule has 7 heteroatoms. The molecule has 142 valence electrons. The molecule has 4 aromatic rings. The van der Waals surface area contributed by atoms with E-state index in [-0.39, 0.29) is 18.0 Å². The highest BCUT2D eigenvalue weighted by atomic mass is 32.1. The molecule has 2 aromatic heterocycles. The molecule has 0 bridgehead atoms. The number of aromatic nitrogens is 3. The van der Waals surface area contributed by atoms with Crippen molar-refractivity contribution in [3.05, 3.63) is 87.0 Å². The van der Waals surface area contributed by atoms with E-state index in [4.69, 9.17) is 0 Å². The quantitative estimate of drug-likeness (QED) is 0.524. The monoisotopic (exact) mass is 392 g/mol. The van der Waals surface area contributed by atoms with Gasteiger partial charge in [-0.3, -0.25) is 13.9 Å². The Morgan fingerprint density at radius 1 is 1.04 bits per heavy atom. The number of fused-ring (bicyclic) bond motifs is 1. The fourth-order valence-corrected chi connectivity index (χ4v) is 3.98. The maximum absolute atomic E-state index is 12.5. The van der Waals surface area contributed by atoms with E-state index in [9.17, 15) is 9.59 Å². The first kappa shape index (κ1) is 18.2. The van der Waals surface area contributed by atoms with Gasteiger partial charge in [-0.2, -0.15) is 4.99 Å². The summed E-state index contributed by atoms with van der Waals surface area (Å²) in [5, 5.41) is 1.92. The number of thiazole rings is 1. The van der Waals surface area contributed by atoms with Crippen LogP contribution in [-0.4, -0.2) is 19.6 Å². The van der Waals surface area contributed by atoms with Crippen LogP contribution in [0.3, 0.4) is 0 Å². The number of para-hydroxylation sites is 2. The Kier molecular flexibility index (Phi) is 5.08. The predicted molar refractivity (Wildman–Crippen MR) is 110 cm³/mol. The summed E-state index contributed by atoms with van der Waals surface area (Å²) in [5.41, 5.74) is 2.72. The van der Waals surface area contributed by atoms with Crippen molar-refractivity contribution in [3.8, 4) is 0 Å². The molecule has 0 aliphatic heterocycles. The van der Waals surface area contributed by atoms with Crippen LogP contribution in [0.5, 0.6) is 0 Å². The number of benzene rings is 2. The van der Waals surface area contributed by atoms with E-state index in [2.05, 4.69) is 4.99 Å². The largest absolute Gasteiger partial charge is 0.328 e. The van der Waals surface area contributed by atoms with Crippen molar-refractivity contribution in [3.63, 3.8) is 0 Å². The third kappa shape index (κ3) is 3.61. The van der Waals surface area contributed by atoms with Crippen LogP contribution in [0.1, 0.15) is 12.0 Å². The van der Waals surface area contributed by atoms with Crippen molar-refractivity contribution < 1.29 is 4.79 Å². The molecule has 2 aromatic carbocycles. The molecule has 0 atom stereocenters. The second-order valence-electron chi connectivity index (χ2n) is 6.54. The Labute approximate surface area is 165 Å². The third-order valence-corrected chi connectivity index (χ3v) is 5.47. The van der Waals surface area contributed by atoms with E-state index in [0.717, 1.165) is 16.6 Å². The van der Waals surface area contributed by atoms with Gasteiger partial charge in [-0.05, 0) is 17.7 Å². The Bertz CT molecular complexity index is 1240. The standard InChI is InChI=1S/C21H20N4O2S/c1-23-17-9-5-6-10-18(17)25(21(23)27)12-11-19(26)22-20-24(13-14-28-20)15-16-7-3-2-4-8-16/h2-10,13-14H,11-12,15H2,1H3. The van der Waals surface area contributed by atoms with Crippen LogP contribution in [0, 0.1) is 0 Å². The van der Waals surface area contributed by atoms with Crippen molar-refractivity contribution >= 4 is 28.3 Å². The zero-order valence-corrected chi connectivity index (χ0v) is 16.3. The van der Waals surface area contributed by atoms with E-state index in [1.54, 1.807) is 16.2 Å². The van der Waals surface area contributed by atoms with E-state index >= 15 is 0 Å². The number of carbonyl (C=O) groups excluding carboxylic acids is 1. The van der Waals surface area contributed by atoms with Crippen molar-refractivity contribution in [2.45, 2.75) is 19.5 Å². The Morgan fingerprint density at radius 3 is 2.54 bits per heavy atom. The summed E-state index contributed by atoms with van der Waals surface area (Å²) >= 11 is 1.43. The molecule has 0 aliphatic rings. The maximum Gasteiger partial charge on any atom is 0.328 e. The topological polar surface area (TPSA) is 61.3 Å². The lowest BCUT2D eigenvalue weighted by Gasteiger charge is -2.03. The van der Waals surface area contributed by atoms with Gasteiger partial charge in [0.25, 0.3) is 0 Å². The van der Waals surface area contributed by atoms with E-state index < -0.39 is 0 Å². The number of hydrogen-bond acceptors (Lipinski definition) is 3. The Hall–Kier alpha value is -3.19. The summed E-state index contributed by atoms with van der Waals surface area (Å²) < 4.78 is 5.20. The van der Waals surface area contributed by atoms with E-state index in [1.165, 1.54) is 11.3 Å². The molecule has 0 spiro atoms. The van der Waals surface area contributed by atoms with Gasteiger partial charge in [0.05, 0.1) is 11.0 Å². The Balaban J connectivity index is 1.53. The fourth-order valence-electron chi connectivity index (χ4n) is 3.24. The summed E-state index contributed by atoms with van der Waals surface area (Å²) in [5.74, 6) is -0.232. The van der Waals surface area contributed by atoms with Gasteiger partial charge in [-0.1, -0.05) is 42.5 Å². The highest BCUT2D eigenvalue weighted by molar-refractivity contribution is 7.07. The van der Waals surface area contributed by atoms with Gasteiger partial charge < -0.3 is 4.57 Å². The lowest BCUT2D eigenvalue weighted by atomic mass is 10.2. The average Bonchev–Trinajstić information content (AvgIpc) is 3.24. The summed E-state index contributed by atoms with van der Waals surface area (Å²) in [4.78, 5) is 29.8. The predicted octanol–water partition coefficient (Wildman–Crippen LogP) is 2.77. The van der Waals surface area contributed by atoms with Crippen molar-refractivity contribution in [2.75, 3.05) is 0 Å². The third-order valence-electron chi connectivity index (χ3n) is 4.68. The molecule has 0 aliphatic carbocycles. The molecule has 0 saturated heterocycles. The molecular formula is C21H20N4O2S. The first-order valence-electron chi connectivity index (χ1n) is 9.03. The highest BCUT2D eigenvalue weighted by Gasteiger charge is 2.11.